The second kappa shape index (κ2) is 5.59. The maximum absolute atomic E-state index is 12.9. The highest BCUT2D eigenvalue weighted by Crippen LogP contribution is 2.29. The van der Waals surface area contributed by atoms with Gasteiger partial charge in [-0.25, -0.2) is 0 Å². The molecule has 2 aromatic carbocycles. The van der Waals surface area contributed by atoms with Crippen molar-refractivity contribution in [2.24, 2.45) is 0 Å². The monoisotopic (exact) mass is 332 g/mol. The molecule has 1 aliphatic rings. The van der Waals surface area contributed by atoms with Crippen molar-refractivity contribution in [3.8, 4) is 0 Å². The largest absolute Gasteiger partial charge is 0.451 e. The first-order valence-electron chi connectivity index (χ1n) is 7.70. The van der Waals surface area contributed by atoms with Crippen molar-refractivity contribution < 1.29 is 13.2 Å². The van der Waals surface area contributed by atoms with Crippen LogP contribution in [0.2, 0.25) is 0 Å². The van der Waals surface area contributed by atoms with Gasteiger partial charge in [-0.15, -0.1) is 10.2 Å². The molecular weight excluding hydrogens is 317 g/mol. The Bertz CT molecular complexity index is 885. The summed E-state index contributed by atoms with van der Waals surface area (Å²) in [5, 5.41) is 9.37. The van der Waals surface area contributed by atoms with Gasteiger partial charge >= 0.3 is 6.18 Å². The van der Waals surface area contributed by atoms with Crippen molar-refractivity contribution in [3.63, 3.8) is 0 Å². The molecule has 0 radical (unpaired) electrons. The molecule has 1 aliphatic heterocycles. The Balaban J connectivity index is 1.53. The first-order chi connectivity index (χ1) is 11.5. The first kappa shape index (κ1) is 15.1. The predicted molar refractivity (Wildman–Crippen MR) is 83.1 cm³/mol. The topological polar surface area (TPSA) is 34.0 Å². The number of alkyl halides is 3. The molecule has 3 aromatic rings. The van der Waals surface area contributed by atoms with Crippen LogP contribution in [0.25, 0.3) is 10.8 Å². The Morgan fingerprint density at radius 3 is 2.54 bits per heavy atom. The van der Waals surface area contributed by atoms with Crippen LogP contribution in [0.1, 0.15) is 17.2 Å². The van der Waals surface area contributed by atoms with Crippen molar-refractivity contribution in [1.82, 2.24) is 19.7 Å². The van der Waals surface area contributed by atoms with Crippen molar-refractivity contribution in [1.29, 1.82) is 0 Å². The minimum atomic E-state index is -4.45. The summed E-state index contributed by atoms with van der Waals surface area (Å²) in [7, 11) is 0. The molecule has 0 unspecified atom stereocenters. The zero-order valence-electron chi connectivity index (χ0n) is 12.8. The van der Waals surface area contributed by atoms with E-state index in [-0.39, 0.29) is 6.54 Å². The average molecular weight is 332 g/mol. The molecule has 1 aromatic heterocycles. The van der Waals surface area contributed by atoms with Gasteiger partial charge in [0.15, 0.2) is 0 Å². The molecule has 0 amide bonds. The van der Waals surface area contributed by atoms with Gasteiger partial charge in [-0.3, -0.25) is 4.90 Å². The third-order valence-electron chi connectivity index (χ3n) is 4.31. The van der Waals surface area contributed by atoms with Gasteiger partial charge in [0.1, 0.15) is 5.82 Å². The summed E-state index contributed by atoms with van der Waals surface area (Å²) in [4.78, 5) is 2.09. The summed E-state index contributed by atoms with van der Waals surface area (Å²) in [5.74, 6) is -0.530. The van der Waals surface area contributed by atoms with E-state index in [1.54, 1.807) is 0 Å². The van der Waals surface area contributed by atoms with Gasteiger partial charge in [0.2, 0.25) is 5.82 Å². The molecule has 0 aliphatic carbocycles. The van der Waals surface area contributed by atoms with Gasteiger partial charge in [0.05, 0.1) is 6.54 Å². The molecule has 0 fully saturated rings. The lowest BCUT2D eigenvalue weighted by atomic mass is 10.1. The van der Waals surface area contributed by atoms with E-state index in [0.717, 1.165) is 10.9 Å². The van der Waals surface area contributed by atoms with Crippen LogP contribution in [-0.4, -0.2) is 26.2 Å². The van der Waals surface area contributed by atoms with Crippen LogP contribution in [-0.2, 0) is 25.8 Å². The highest BCUT2D eigenvalue weighted by Gasteiger charge is 2.39. The number of nitrogens with zero attached hydrogens (tertiary/aromatic N) is 4. The van der Waals surface area contributed by atoms with E-state index in [0.29, 0.717) is 25.5 Å². The van der Waals surface area contributed by atoms with E-state index in [1.165, 1.54) is 9.95 Å². The summed E-state index contributed by atoms with van der Waals surface area (Å²) in [6.07, 6.45) is -4.45. The number of hydrogen-bond acceptors (Lipinski definition) is 3. The molecule has 0 saturated carbocycles. The number of halogens is 3. The quantitative estimate of drug-likeness (QED) is 0.721. The molecule has 4 rings (SSSR count). The summed E-state index contributed by atoms with van der Waals surface area (Å²) in [5.41, 5.74) is 1.14. The smallest absolute Gasteiger partial charge is 0.305 e. The van der Waals surface area contributed by atoms with Gasteiger partial charge < -0.3 is 4.57 Å². The maximum atomic E-state index is 12.9. The van der Waals surface area contributed by atoms with E-state index in [4.69, 9.17) is 0 Å². The van der Waals surface area contributed by atoms with Crippen molar-refractivity contribution in [2.45, 2.75) is 25.8 Å². The van der Waals surface area contributed by atoms with Crippen LogP contribution in [0.3, 0.4) is 0 Å². The molecule has 4 nitrogen and oxygen atoms in total. The highest BCUT2D eigenvalue weighted by atomic mass is 19.4. The lowest BCUT2D eigenvalue weighted by Crippen LogP contribution is -2.34. The molecule has 0 atom stereocenters. The fraction of sp³-hybridized carbons (Fsp3) is 0.294. The minimum Gasteiger partial charge on any atom is -0.305 e. The number of benzene rings is 2. The van der Waals surface area contributed by atoms with E-state index in [2.05, 4.69) is 45.4 Å². The summed E-state index contributed by atoms with van der Waals surface area (Å²) >= 11 is 0. The predicted octanol–water partition coefficient (Wildman–Crippen LogP) is 3.47. The van der Waals surface area contributed by atoms with Crippen LogP contribution in [0.5, 0.6) is 0 Å². The first-order valence-corrected chi connectivity index (χ1v) is 7.70. The Hall–Kier alpha value is -2.41. The Morgan fingerprint density at radius 1 is 0.958 bits per heavy atom. The normalized spacial score (nSPS) is 15.6. The van der Waals surface area contributed by atoms with Crippen molar-refractivity contribution in [2.75, 3.05) is 6.54 Å². The third kappa shape index (κ3) is 2.75. The van der Waals surface area contributed by atoms with Crippen molar-refractivity contribution in [3.05, 3.63) is 59.7 Å². The molecule has 0 spiro atoms. The summed E-state index contributed by atoms with van der Waals surface area (Å²) in [6.45, 7) is 1.85. The van der Waals surface area contributed by atoms with Crippen LogP contribution in [0.4, 0.5) is 13.2 Å². The molecule has 0 N–H and O–H groups in total. The zero-order chi connectivity index (χ0) is 16.7. The lowest BCUT2D eigenvalue weighted by molar-refractivity contribution is -0.148. The van der Waals surface area contributed by atoms with E-state index in [1.807, 2.05) is 12.1 Å². The van der Waals surface area contributed by atoms with Gasteiger partial charge in [0, 0.05) is 19.6 Å². The molecule has 2 heterocycles. The fourth-order valence-electron chi connectivity index (χ4n) is 3.15. The standard InChI is InChI=1S/C17H15F3N4/c18-17(19,20)16-22-21-15-11-23(7-8-24(15)16)10-12-5-6-13-3-1-2-4-14(13)9-12/h1-6,9H,7-8,10-11H2. The molecule has 7 heteroatoms. The third-order valence-corrected chi connectivity index (χ3v) is 4.31. The van der Waals surface area contributed by atoms with Crippen LogP contribution >= 0.6 is 0 Å². The number of aromatic nitrogens is 3. The molecule has 0 bridgehead atoms. The van der Waals surface area contributed by atoms with Gasteiger partial charge in [-0.2, -0.15) is 13.2 Å². The maximum Gasteiger partial charge on any atom is 0.451 e. The SMILES string of the molecule is FC(F)(F)c1nnc2n1CCN(Cc1ccc3ccccc3c1)C2. The van der Waals surface area contributed by atoms with Gasteiger partial charge in [-0.05, 0) is 22.4 Å². The van der Waals surface area contributed by atoms with Crippen molar-refractivity contribution >= 4 is 10.8 Å². The average Bonchev–Trinajstić information content (AvgIpc) is 2.98. The minimum absolute atomic E-state index is 0.255. The lowest BCUT2D eigenvalue weighted by Gasteiger charge is -2.28. The fourth-order valence-corrected chi connectivity index (χ4v) is 3.15. The molecule has 24 heavy (non-hydrogen) atoms. The number of fused-ring (bicyclic) bond motifs is 2. The molecule has 124 valence electrons. The summed E-state index contributed by atoms with van der Waals surface area (Å²) in [6, 6.07) is 14.4. The molecule has 0 saturated heterocycles. The van der Waals surface area contributed by atoms with Gasteiger partial charge in [-0.1, -0.05) is 36.4 Å². The molecular formula is C17H15F3N4. The van der Waals surface area contributed by atoms with Crippen LogP contribution in [0.15, 0.2) is 42.5 Å². The van der Waals surface area contributed by atoms with E-state index >= 15 is 0 Å². The highest BCUT2D eigenvalue weighted by molar-refractivity contribution is 5.82. The summed E-state index contributed by atoms with van der Waals surface area (Å²) < 4.78 is 39.8. The Kier molecular flexibility index (Phi) is 3.53. The Morgan fingerprint density at radius 2 is 1.75 bits per heavy atom. The zero-order valence-corrected chi connectivity index (χ0v) is 12.8. The second-order valence-electron chi connectivity index (χ2n) is 5.98. The van der Waals surface area contributed by atoms with Crippen LogP contribution < -0.4 is 0 Å². The van der Waals surface area contributed by atoms with Gasteiger partial charge in [0.25, 0.3) is 0 Å². The Labute approximate surface area is 136 Å². The second-order valence-corrected chi connectivity index (χ2v) is 5.98. The number of hydrogen-bond donors (Lipinski definition) is 0. The van der Waals surface area contributed by atoms with E-state index < -0.39 is 12.0 Å². The van der Waals surface area contributed by atoms with E-state index in [9.17, 15) is 13.2 Å². The number of rotatable bonds is 2. The van der Waals surface area contributed by atoms with Crippen LogP contribution in [0, 0.1) is 0 Å².